The Labute approximate surface area is 73.6 Å². The second-order valence-corrected chi connectivity index (χ2v) is 2.88. The molecule has 0 fully saturated rings. The van der Waals surface area contributed by atoms with Crippen LogP contribution in [-0.4, -0.2) is 10.6 Å². The van der Waals surface area contributed by atoms with Gasteiger partial charge in [-0.3, -0.25) is 5.32 Å². The third-order valence-corrected chi connectivity index (χ3v) is 1.89. The van der Waals surface area contributed by atoms with E-state index in [4.69, 9.17) is 6.42 Å². The van der Waals surface area contributed by atoms with Crippen LogP contribution in [0.1, 0.15) is 12.6 Å². The Kier molecular flexibility index (Phi) is 2.95. The molecular formula is C10H14N2. The molecule has 0 aliphatic carbocycles. The van der Waals surface area contributed by atoms with E-state index in [1.165, 1.54) is 5.69 Å². The molecule has 1 unspecified atom stereocenters. The number of terminal acetylenes is 1. The zero-order valence-corrected chi connectivity index (χ0v) is 7.54. The van der Waals surface area contributed by atoms with Crippen molar-refractivity contribution in [2.24, 2.45) is 7.05 Å². The van der Waals surface area contributed by atoms with Crippen LogP contribution in [0, 0.1) is 12.3 Å². The minimum Gasteiger partial charge on any atom is -0.353 e. The lowest BCUT2D eigenvalue weighted by Gasteiger charge is -2.07. The van der Waals surface area contributed by atoms with E-state index in [9.17, 15) is 0 Å². The van der Waals surface area contributed by atoms with Crippen molar-refractivity contribution < 1.29 is 0 Å². The topological polar surface area (TPSA) is 17.0 Å². The van der Waals surface area contributed by atoms with Crippen molar-refractivity contribution in [3.63, 3.8) is 0 Å². The minimum absolute atomic E-state index is 0.139. The van der Waals surface area contributed by atoms with Crippen LogP contribution in [-0.2, 0) is 13.6 Å². The predicted molar refractivity (Wildman–Crippen MR) is 50.5 cm³/mol. The molecule has 64 valence electrons. The molecule has 1 heterocycles. The van der Waals surface area contributed by atoms with E-state index in [0.29, 0.717) is 0 Å². The van der Waals surface area contributed by atoms with E-state index in [0.717, 1.165) is 6.54 Å². The molecule has 0 amide bonds. The number of hydrogen-bond donors (Lipinski definition) is 1. The summed E-state index contributed by atoms with van der Waals surface area (Å²) in [5, 5.41) is 3.22. The van der Waals surface area contributed by atoms with E-state index in [2.05, 4.69) is 21.9 Å². The highest BCUT2D eigenvalue weighted by Crippen LogP contribution is 1.98. The summed E-state index contributed by atoms with van der Waals surface area (Å²) in [5.74, 6) is 2.63. The first-order chi connectivity index (χ1) is 5.74. The molecule has 2 heteroatoms. The summed E-state index contributed by atoms with van der Waals surface area (Å²) in [4.78, 5) is 0. The van der Waals surface area contributed by atoms with Crippen molar-refractivity contribution >= 4 is 0 Å². The van der Waals surface area contributed by atoms with Crippen molar-refractivity contribution in [2.45, 2.75) is 19.5 Å². The average molecular weight is 162 g/mol. The highest BCUT2D eigenvalue weighted by Gasteiger charge is 1.98. The number of nitrogens with zero attached hydrogens (tertiary/aromatic N) is 1. The summed E-state index contributed by atoms with van der Waals surface area (Å²) in [5.41, 5.74) is 1.25. The summed E-state index contributed by atoms with van der Waals surface area (Å²) in [7, 11) is 2.03. The SMILES string of the molecule is C#CC(C)NCc1cccn1C. The van der Waals surface area contributed by atoms with Gasteiger partial charge in [-0.1, -0.05) is 5.92 Å². The Morgan fingerprint density at radius 1 is 1.75 bits per heavy atom. The molecular weight excluding hydrogens is 148 g/mol. The number of nitrogens with one attached hydrogen (secondary N) is 1. The fraction of sp³-hybridized carbons (Fsp3) is 0.400. The molecule has 1 atom stereocenters. The van der Waals surface area contributed by atoms with Crippen molar-refractivity contribution in [1.82, 2.24) is 9.88 Å². The molecule has 1 aromatic heterocycles. The highest BCUT2D eigenvalue weighted by molar-refractivity contribution is 5.07. The molecule has 0 bridgehead atoms. The van der Waals surface area contributed by atoms with Crippen molar-refractivity contribution in [3.8, 4) is 12.3 Å². The zero-order chi connectivity index (χ0) is 8.97. The van der Waals surface area contributed by atoms with Gasteiger partial charge in [-0.15, -0.1) is 6.42 Å². The summed E-state index contributed by atoms with van der Waals surface area (Å²) in [6, 6.07) is 4.24. The fourth-order valence-electron chi connectivity index (χ4n) is 0.997. The van der Waals surface area contributed by atoms with Crippen LogP contribution in [0.3, 0.4) is 0 Å². The predicted octanol–water partition coefficient (Wildman–Crippen LogP) is 1.14. The van der Waals surface area contributed by atoms with Gasteiger partial charge < -0.3 is 4.57 Å². The first-order valence-electron chi connectivity index (χ1n) is 4.03. The molecule has 0 aromatic carbocycles. The molecule has 2 nitrogen and oxygen atoms in total. The maximum Gasteiger partial charge on any atom is 0.0661 e. The van der Waals surface area contributed by atoms with Gasteiger partial charge in [0.1, 0.15) is 0 Å². The Bertz CT molecular complexity index is 280. The smallest absolute Gasteiger partial charge is 0.0661 e. The monoisotopic (exact) mass is 162 g/mol. The fourth-order valence-corrected chi connectivity index (χ4v) is 0.997. The molecule has 0 saturated heterocycles. The van der Waals surface area contributed by atoms with Gasteiger partial charge in [0.2, 0.25) is 0 Å². The van der Waals surface area contributed by atoms with E-state index in [-0.39, 0.29) is 6.04 Å². The Morgan fingerprint density at radius 3 is 3.00 bits per heavy atom. The molecule has 1 N–H and O–H groups in total. The second-order valence-electron chi connectivity index (χ2n) is 2.88. The molecule has 1 aromatic rings. The number of aromatic nitrogens is 1. The molecule has 0 radical (unpaired) electrons. The van der Waals surface area contributed by atoms with E-state index in [1.807, 2.05) is 26.2 Å². The van der Waals surface area contributed by atoms with Crippen LogP contribution >= 0.6 is 0 Å². The Hall–Kier alpha value is -1.20. The number of hydrogen-bond acceptors (Lipinski definition) is 1. The van der Waals surface area contributed by atoms with Crippen LogP contribution in [0.2, 0.25) is 0 Å². The van der Waals surface area contributed by atoms with Gasteiger partial charge in [0.15, 0.2) is 0 Å². The van der Waals surface area contributed by atoms with E-state index >= 15 is 0 Å². The maximum atomic E-state index is 5.23. The summed E-state index contributed by atoms with van der Waals surface area (Å²) < 4.78 is 2.08. The first kappa shape index (κ1) is 8.89. The van der Waals surface area contributed by atoms with E-state index < -0.39 is 0 Å². The normalized spacial score (nSPS) is 12.4. The van der Waals surface area contributed by atoms with Crippen LogP contribution in [0.4, 0.5) is 0 Å². The van der Waals surface area contributed by atoms with Crippen LogP contribution in [0.15, 0.2) is 18.3 Å². The molecule has 0 aliphatic rings. The zero-order valence-electron chi connectivity index (χ0n) is 7.54. The summed E-state index contributed by atoms with van der Waals surface area (Å²) in [6.45, 7) is 2.80. The quantitative estimate of drug-likeness (QED) is 0.659. The second kappa shape index (κ2) is 3.99. The molecule has 0 spiro atoms. The number of rotatable bonds is 3. The maximum absolute atomic E-state index is 5.23. The minimum atomic E-state index is 0.139. The van der Waals surface area contributed by atoms with Gasteiger partial charge in [-0.25, -0.2) is 0 Å². The van der Waals surface area contributed by atoms with Crippen LogP contribution < -0.4 is 5.32 Å². The average Bonchev–Trinajstić information content (AvgIpc) is 2.47. The molecule has 0 saturated carbocycles. The van der Waals surface area contributed by atoms with Gasteiger partial charge in [0.05, 0.1) is 6.04 Å². The third-order valence-electron chi connectivity index (χ3n) is 1.89. The Balaban J connectivity index is 2.44. The summed E-state index contributed by atoms with van der Waals surface area (Å²) >= 11 is 0. The lowest BCUT2D eigenvalue weighted by Crippen LogP contribution is -2.24. The molecule has 0 aliphatic heterocycles. The Morgan fingerprint density at radius 2 is 2.50 bits per heavy atom. The molecule has 12 heavy (non-hydrogen) atoms. The lowest BCUT2D eigenvalue weighted by atomic mass is 10.3. The standard InChI is InChI=1S/C10H14N2/c1-4-9(2)11-8-10-6-5-7-12(10)3/h1,5-7,9,11H,8H2,2-3H3. The van der Waals surface area contributed by atoms with Crippen molar-refractivity contribution in [1.29, 1.82) is 0 Å². The summed E-state index contributed by atoms with van der Waals surface area (Å²) in [6.07, 6.45) is 7.26. The molecule has 1 rings (SSSR count). The van der Waals surface area contributed by atoms with Gasteiger partial charge in [0.25, 0.3) is 0 Å². The number of aryl methyl sites for hydroxylation is 1. The van der Waals surface area contributed by atoms with E-state index in [1.54, 1.807) is 0 Å². The third kappa shape index (κ3) is 2.14. The van der Waals surface area contributed by atoms with Gasteiger partial charge >= 0.3 is 0 Å². The largest absolute Gasteiger partial charge is 0.353 e. The van der Waals surface area contributed by atoms with Gasteiger partial charge in [-0.05, 0) is 19.1 Å². The highest BCUT2D eigenvalue weighted by atomic mass is 15.0. The van der Waals surface area contributed by atoms with Crippen LogP contribution in [0.5, 0.6) is 0 Å². The van der Waals surface area contributed by atoms with Gasteiger partial charge in [-0.2, -0.15) is 0 Å². The van der Waals surface area contributed by atoms with Crippen LogP contribution in [0.25, 0.3) is 0 Å². The van der Waals surface area contributed by atoms with Crippen molar-refractivity contribution in [2.75, 3.05) is 0 Å². The van der Waals surface area contributed by atoms with Crippen molar-refractivity contribution in [3.05, 3.63) is 24.0 Å². The van der Waals surface area contributed by atoms with Gasteiger partial charge in [0, 0.05) is 25.5 Å². The lowest BCUT2D eigenvalue weighted by molar-refractivity contribution is 0.620. The first-order valence-corrected chi connectivity index (χ1v) is 4.03.